The molecule has 1 aliphatic rings. The highest BCUT2D eigenvalue weighted by molar-refractivity contribution is 6.20. The van der Waals surface area contributed by atoms with E-state index in [4.69, 9.17) is 11.6 Å². The molecule has 1 fully saturated rings. The van der Waals surface area contributed by atoms with E-state index in [2.05, 4.69) is 4.90 Å². The van der Waals surface area contributed by atoms with Crippen molar-refractivity contribution in [3.8, 4) is 0 Å². The van der Waals surface area contributed by atoms with Gasteiger partial charge in [0.15, 0.2) is 0 Å². The highest BCUT2D eigenvalue weighted by Gasteiger charge is 2.18. The largest absolute Gasteiger partial charge is 0.299 e. The molecule has 1 unspecified atom stereocenters. The summed E-state index contributed by atoms with van der Waals surface area (Å²) in [4.78, 5) is 2.05. The molecule has 1 heterocycles. The second-order valence-electron chi connectivity index (χ2n) is 2.38. The van der Waals surface area contributed by atoms with Gasteiger partial charge in [-0.1, -0.05) is 0 Å². The summed E-state index contributed by atoms with van der Waals surface area (Å²) in [5.41, 5.74) is 0. The molecule has 0 spiro atoms. The molecule has 0 aliphatic carbocycles. The number of alkyl halides is 2. The minimum atomic E-state index is -0.246. The number of nitrogens with zero attached hydrogens (tertiary/aromatic N) is 1. The average molecular weight is 152 g/mol. The third-order valence-electron chi connectivity index (χ3n) is 1.62. The van der Waals surface area contributed by atoms with Gasteiger partial charge in [0.1, 0.15) is 6.67 Å². The van der Waals surface area contributed by atoms with E-state index >= 15 is 0 Å². The van der Waals surface area contributed by atoms with E-state index in [1.165, 1.54) is 0 Å². The lowest BCUT2D eigenvalue weighted by Gasteiger charge is -2.10. The molecule has 9 heavy (non-hydrogen) atoms. The van der Waals surface area contributed by atoms with E-state index in [1.54, 1.807) is 0 Å². The predicted octanol–water partition coefficient (Wildman–Crippen LogP) is 1.27. The lowest BCUT2D eigenvalue weighted by molar-refractivity contribution is 0.298. The summed E-state index contributed by atoms with van der Waals surface area (Å²) < 4.78 is 11.7. The van der Waals surface area contributed by atoms with E-state index in [0.717, 1.165) is 19.5 Å². The van der Waals surface area contributed by atoms with Crippen molar-refractivity contribution in [2.45, 2.75) is 11.8 Å². The Morgan fingerprint density at radius 3 is 2.89 bits per heavy atom. The van der Waals surface area contributed by atoms with Gasteiger partial charge in [0, 0.05) is 18.5 Å². The lowest BCUT2D eigenvalue weighted by Crippen LogP contribution is -2.23. The Morgan fingerprint density at radius 1 is 1.67 bits per heavy atom. The maximum Gasteiger partial charge on any atom is 0.102 e. The quantitative estimate of drug-likeness (QED) is 0.538. The molecule has 0 N–H and O–H groups in total. The maximum absolute atomic E-state index is 11.7. The van der Waals surface area contributed by atoms with Crippen LogP contribution in [0.2, 0.25) is 0 Å². The standard InChI is InChI=1S/C6H11ClFN/c7-6-1-3-9(5-6)4-2-8/h6H,1-5H2. The van der Waals surface area contributed by atoms with Gasteiger partial charge in [0.25, 0.3) is 0 Å². The fourth-order valence-corrected chi connectivity index (χ4v) is 1.40. The molecule has 0 amide bonds. The van der Waals surface area contributed by atoms with Crippen molar-refractivity contribution >= 4 is 11.6 Å². The van der Waals surface area contributed by atoms with Crippen LogP contribution < -0.4 is 0 Å². The van der Waals surface area contributed by atoms with Gasteiger partial charge in [-0.3, -0.25) is 4.90 Å². The molecule has 1 saturated heterocycles. The molecule has 0 aromatic rings. The fourth-order valence-electron chi connectivity index (χ4n) is 1.11. The Balaban J connectivity index is 2.14. The van der Waals surface area contributed by atoms with Gasteiger partial charge in [0.05, 0.1) is 0 Å². The topological polar surface area (TPSA) is 3.24 Å². The van der Waals surface area contributed by atoms with Gasteiger partial charge < -0.3 is 0 Å². The zero-order chi connectivity index (χ0) is 6.69. The van der Waals surface area contributed by atoms with Gasteiger partial charge in [-0.15, -0.1) is 11.6 Å². The molecule has 1 rings (SSSR count). The van der Waals surface area contributed by atoms with Crippen molar-refractivity contribution < 1.29 is 4.39 Å². The second-order valence-corrected chi connectivity index (χ2v) is 2.99. The number of likely N-dealkylation sites (tertiary alicyclic amines) is 1. The molecule has 0 bridgehead atoms. The van der Waals surface area contributed by atoms with Crippen molar-refractivity contribution in [1.82, 2.24) is 4.90 Å². The van der Waals surface area contributed by atoms with Crippen LogP contribution in [0.25, 0.3) is 0 Å². The van der Waals surface area contributed by atoms with Crippen molar-refractivity contribution in [3.05, 3.63) is 0 Å². The van der Waals surface area contributed by atoms with Crippen LogP contribution in [0.15, 0.2) is 0 Å². The van der Waals surface area contributed by atoms with Gasteiger partial charge in [-0.25, -0.2) is 4.39 Å². The molecule has 3 heteroatoms. The van der Waals surface area contributed by atoms with Crippen molar-refractivity contribution in [1.29, 1.82) is 0 Å². The van der Waals surface area contributed by atoms with Gasteiger partial charge in [0.2, 0.25) is 0 Å². The van der Waals surface area contributed by atoms with Gasteiger partial charge in [-0.05, 0) is 13.0 Å². The molecular formula is C6H11ClFN. The highest BCUT2D eigenvalue weighted by atomic mass is 35.5. The predicted molar refractivity (Wildman–Crippen MR) is 36.7 cm³/mol. The van der Waals surface area contributed by atoms with Crippen LogP contribution in [0.1, 0.15) is 6.42 Å². The van der Waals surface area contributed by atoms with E-state index in [0.29, 0.717) is 6.54 Å². The first-order valence-corrected chi connectivity index (χ1v) is 3.69. The number of hydrogen-bond donors (Lipinski definition) is 0. The SMILES string of the molecule is FCCN1CCC(Cl)C1. The van der Waals surface area contributed by atoms with Crippen LogP contribution in [0, 0.1) is 0 Å². The maximum atomic E-state index is 11.7. The summed E-state index contributed by atoms with van der Waals surface area (Å²) in [7, 11) is 0. The number of hydrogen-bond acceptors (Lipinski definition) is 1. The minimum Gasteiger partial charge on any atom is -0.299 e. The molecule has 0 saturated carbocycles. The zero-order valence-corrected chi connectivity index (χ0v) is 6.07. The number of halogens is 2. The first kappa shape index (κ1) is 7.29. The summed E-state index contributed by atoms with van der Waals surface area (Å²) in [6.07, 6.45) is 1.02. The van der Waals surface area contributed by atoms with E-state index < -0.39 is 0 Å². The summed E-state index contributed by atoms with van der Waals surface area (Å²) in [6.45, 7) is 2.15. The average Bonchev–Trinajstić information content (AvgIpc) is 2.17. The van der Waals surface area contributed by atoms with Crippen LogP contribution in [0.3, 0.4) is 0 Å². The Hall–Kier alpha value is 0.180. The van der Waals surface area contributed by atoms with Crippen molar-refractivity contribution in [3.63, 3.8) is 0 Å². The smallest absolute Gasteiger partial charge is 0.102 e. The van der Waals surface area contributed by atoms with Crippen LogP contribution in [-0.4, -0.2) is 36.6 Å². The van der Waals surface area contributed by atoms with Crippen LogP contribution in [0.5, 0.6) is 0 Å². The fraction of sp³-hybridized carbons (Fsp3) is 1.00. The molecule has 1 aliphatic heterocycles. The molecule has 0 aromatic carbocycles. The summed E-state index contributed by atoms with van der Waals surface area (Å²) in [5, 5.41) is 0.261. The van der Waals surface area contributed by atoms with Crippen LogP contribution >= 0.6 is 11.6 Å². The van der Waals surface area contributed by atoms with E-state index in [9.17, 15) is 4.39 Å². The third-order valence-corrected chi connectivity index (χ3v) is 1.97. The molecule has 54 valence electrons. The van der Waals surface area contributed by atoms with Crippen LogP contribution in [0.4, 0.5) is 4.39 Å². The molecule has 1 atom stereocenters. The normalized spacial score (nSPS) is 29.3. The summed E-state index contributed by atoms with van der Waals surface area (Å²) in [5.74, 6) is 0. The molecule has 1 nitrogen and oxygen atoms in total. The third kappa shape index (κ3) is 2.11. The summed E-state index contributed by atoms with van der Waals surface area (Å²) >= 11 is 5.78. The van der Waals surface area contributed by atoms with Gasteiger partial charge >= 0.3 is 0 Å². The Morgan fingerprint density at radius 2 is 2.44 bits per heavy atom. The highest BCUT2D eigenvalue weighted by Crippen LogP contribution is 2.13. The van der Waals surface area contributed by atoms with E-state index in [1.807, 2.05) is 0 Å². The Bertz CT molecular complexity index is 87.1. The van der Waals surface area contributed by atoms with Gasteiger partial charge in [-0.2, -0.15) is 0 Å². The first-order valence-electron chi connectivity index (χ1n) is 3.25. The molecular weight excluding hydrogens is 141 g/mol. The van der Waals surface area contributed by atoms with Crippen molar-refractivity contribution in [2.75, 3.05) is 26.3 Å². The second kappa shape index (κ2) is 3.37. The Labute approximate surface area is 59.8 Å². The number of rotatable bonds is 2. The molecule has 0 radical (unpaired) electrons. The van der Waals surface area contributed by atoms with Crippen molar-refractivity contribution in [2.24, 2.45) is 0 Å². The first-order chi connectivity index (χ1) is 4.33. The summed E-state index contributed by atoms with van der Waals surface area (Å²) in [6, 6.07) is 0. The monoisotopic (exact) mass is 151 g/mol. The van der Waals surface area contributed by atoms with E-state index in [-0.39, 0.29) is 12.1 Å². The minimum absolute atomic E-state index is 0.246. The lowest BCUT2D eigenvalue weighted by atomic mass is 10.4. The molecule has 0 aromatic heterocycles. The zero-order valence-electron chi connectivity index (χ0n) is 5.32. The Kier molecular flexibility index (Phi) is 2.73. The van der Waals surface area contributed by atoms with Crippen LogP contribution in [-0.2, 0) is 0 Å².